The number of rotatable bonds is 8. The summed E-state index contributed by atoms with van der Waals surface area (Å²) in [6.45, 7) is 0.451. The molecule has 4 aromatic rings. The molecule has 166 valence electrons. The van der Waals surface area contributed by atoms with E-state index in [1.54, 1.807) is 31.4 Å². The molecule has 0 amide bonds. The third-order valence-electron chi connectivity index (χ3n) is 4.35. The Morgan fingerprint density at radius 1 is 0.824 bits per heavy atom. The number of methoxy groups -OCH3 is 1. The lowest BCUT2D eigenvalue weighted by Crippen LogP contribution is -2.07. The second kappa shape index (κ2) is 11.1. The van der Waals surface area contributed by atoms with Crippen molar-refractivity contribution in [3.05, 3.63) is 77.6 Å². The average Bonchev–Trinajstić information content (AvgIpc) is 2.88. The van der Waals surface area contributed by atoms with Crippen LogP contribution in [0.4, 0.5) is 5.95 Å². The predicted molar refractivity (Wildman–Crippen MR) is 126 cm³/mol. The number of para-hydroxylation sites is 1. The Labute approximate surface area is 204 Å². The highest BCUT2D eigenvalue weighted by Gasteiger charge is 2.12. The predicted octanol–water partition coefficient (Wildman–Crippen LogP) is 4.33. The number of ether oxygens (including phenoxy) is 1. The largest absolute Gasteiger partial charge is 0.496 e. The van der Waals surface area contributed by atoms with Crippen molar-refractivity contribution in [1.82, 2.24) is 24.9 Å². The second-order valence-electron chi connectivity index (χ2n) is 6.59. The fourth-order valence-electron chi connectivity index (χ4n) is 2.73. The Hall–Kier alpha value is -4.19. The Kier molecular flexibility index (Phi) is 7.50. The monoisotopic (exact) mass is 484 g/mol. The summed E-state index contributed by atoms with van der Waals surface area (Å²) < 4.78 is 5.41. The summed E-state index contributed by atoms with van der Waals surface area (Å²) in [5.74, 6) is 1.14. The summed E-state index contributed by atoms with van der Waals surface area (Å²) >= 11 is 2.51. The van der Waals surface area contributed by atoms with Gasteiger partial charge in [0.15, 0.2) is 10.3 Å². The van der Waals surface area contributed by atoms with Gasteiger partial charge in [0.2, 0.25) is 5.95 Å². The van der Waals surface area contributed by atoms with Crippen molar-refractivity contribution < 1.29 is 4.74 Å². The molecule has 0 saturated carbocycles. The maximum absolute atomic E-state index is 8.98. The zero-order valence-corrected chi connectivity index (χ0v) is 19.5. The van der Waals surface area contributed by atoms with Crippen molar-refractivity contribution in [3.63, 3.8) is 0 Å². The van der Waals surface area contributed by atoms with E-state index in [-0.39, 0.29) is 0 Å². The molecule has 4 rings (SSSR count). The maximum atomic E-state index is 8.98. The van der Waals surface area contributed by atoms with Crippen molar-refractivity contribution >= 4 is 29.5 Å². The molecule has 1 N–H and O–H groups in total. The van der Waals surface area contributed by atoms with Gasteiger partial charge >= 0.3 is 0 Å². The number of nitrogens with one attached hydrogen (secondary N) is 1. The molecule has 0 fully saturated rings. The van der Waals surface area contributed by atoms with Gasteiger partial charge in [-0.2, -0.15) is 25.5 Å². The van der Waals surface area contributed by atoms with E-state index < -0.39 is 0 Å². The van der Waals surface area contributed by atoms with Gasteiger partial charge in [0, 0.05) is 24.5 Å². The Morgan fingerprint density at radius 3 is 1.91 bits per heavy atom. The van der Waals surface area contributed by atoms with Crippen molar-refractivity contribution in [2.75, 3.05) is 12.4 Å². The molecule has 3 aromatic heterocycles. The molecule has 0 spiro atoms. The van der Waals surface area contributed by atoms with Gasteiger partial charge in [-0.15, -0.1) is 0 Å². The van der Waals surface area contributed by atoms with Crippen LogP contribution in [0.15, 0.2) is 81.3 Å². The number of hydrogen-bond donors (Lipinski definition) is 1. The average molecular weight is 485 g/mol. The molecule has 11 heteroatoms. The molecule has 0 bridgehead atoms. The first kappa shape index (κ1) is 23.0. The van der Waals surface area contributed by atoms with E-state index in [1.807, 2.05) is 36.4 Å². The van der Waals surface area contributed by atoms with E-state index in [0.29, 0.717) is 44.0 Å². The summed E-state index contributed by atoms with van der Waals surface area (Å²) in [7, 11) is 1.63. The number of benzene rings is 1. The number of aromatic nitrogens is 5. The molecule has 9 nitrogen and oxygen atoms in total. The molecule has 34 heavy (non-hydrogen) atoms. The van der Waals surface area contributed by atoms with Crippen LogP contribution in [0.5, 0.6) is 5.75 Å². The van der Waals surface area contributed by atoms with Crippen LogP contribution in [0.2, 0.25) is 0 Å². The highest BCUT2D eigenvalue weighted by atomic mass is 32.2. The van der Waals surface area contributed by atoms with Crippen LogP contribution >= 0.6 is 23.5 Å². The summed E-state index contributed by atoms with van der Waals surface area (Å²) in [5, 5.41) is 23.4. The fraction of sp³-hybridized carbons (Fsp3) is 0.0870. The molecule has 1 aromatic carbocycles. The van der Waals surface area contributed by atoms with E-state index in [4.69, 9.17) is 15.3 Å². The fourth-order valence-corrected chi connectivity index (χ4v) is 4.18. The normalized spacial score (nSPS) is 10.2. The Morgan fingerprint density at radius 2 is 1.41 bits per heavy atom. The van der Waals surface area contributed by atoms with Gasteiger partial charge in [-0.1, -0.05) is 18.2 Å². The zero-order chi connectivity index (χ0) is 23.8. The van der Waals surface area contributed by atoms with Crippen molar-refractivity contribution in [2.24, 2.45) is 0 Å². The quantitative estimate of drug-likeness (QED) is 0.383. The van der Waals surface area contributed by atoms with Crippen LogP contribution in [-0.4, -0.2) is 32.0 Å². The highest BCUT2D eigenvalue weighted by Crippen LogP contribution is 2.29. The minimum absolute atomic E-state index is 0.383. The zero-order valence-electron chi connectivity index (χ0n) is 17.8. The van der Waals surface area contributed by atoms with E-state index >= 15 is 0 Å². The number of nitrogens with zero attached hydrogens (tertiary/aromatic N) is 7. The highest BCUT2D eigenvalue weighted by molar-refractivity contribution is 7.99. The third kappa shape index (κ3) is 5.98. The standard InChI is InChI=1S/C23H16N8OS2/c1-32-18-5-3-2-4-17(18)14-28-21-29-22(33-19-8-6-15(10-24)12-26-19)31-23(30-21)34-20-9-7-16(11-25)13-27-20/h2-9,12-13H,14H2,1H3,(H,28,29,30,31). The van der Waals surface area contributed by atoms with Crippen LogP contribution in [0.1, 0.15) is 16.7 Å². The van der Waals surface area contributed by atoms with E-state index in [1.165, 1.54) is 35.9 Å². The number of nitriles is 2. The first-order chi connectivity index (χ1) is 16.7. The smallest absolute Gasteiger partial charge is 0.227 e. The van der Waals surface area contributed by atoms with Gasteiger partial charge in [0.25, 0.3) is 0 Å². The minimum atomic E-state index is 0.383. The first-order valence-corrected chi connectivity index (χ1v) is 11.5. The Bertz CT molecular complexity index is 1290. The number of pyridine rings is 2. The molecule has 0 atom stereocenters. The van der Waals surface area contributed by atoms with Gasteiger partial charge < -0.3 is 10.1 Å². The maximum Gasteiger partial charge on any atom is 0.227 e. The van der Waals surface area contributed by atoms with E-state index in [9.17, 15) is 0 Å². The van der Waals surface area contributed by atoms with Crippen molar-refractivity contribution in [3.8, 4) is 17.9 Å². The first-order valence-electron chi connectivity index (χ1n) is 9.86. The lowest BCUT2D eigenvalue weighted by atomic mass is 10.2. The molecular weight excluding hydrogens is 468 g/mol. The Balaban J connectivity index is 1.60. The summed E-state index contributed by atoms with van der Waals surface area (Å²) in [6, 6.07) is 18.6. The van der Waals surface area contributed by atoms with Crippen LogP contribution in [0.25, 0.3) is 0 Å². The summed E-state index contributed by atoms with van der Waals surface area (Å²) in [4.78, 5) is 22.1. The minimum Gasteiger partial charge on any atom is -0.496 e. The van der Waals surface area contributed by atoms with Crippen molar-refractivity contribution in [2.45, 2.75) is 26.9 Å². The number of anilines is 1. The van der Waals surface area contributed by atoms with Crippen molar-refractivity contribution in [1.29, 1.82) is 10.5 Å². The molecule has 0 aliphatic heterocycles. The topological polar surface area (TPSA) is 133 Å². The number of hydrogen-bond acceptors (Lipinski definition) is 11. The third-order valence-corrected chi connectivity index (χ3v) is 5.98. The van der Waals surface area contributed by atoms with E-state index in [0.717, 1.165) is 11.3 Å². The van der Waals surface area contributed by atoms with Crippen LogP contribution in [0, 0.1) is 22.7 Å². The SMILES string of the molecule is COc1ccccc1CNc1nc(Sc2ccc(C#N)cn2)nc(Sc2ccc(C#N)cn2)n1. The van der Waals surface area contributed by atoms with Gasteiger partial charge in [-0.3, -0.25) is 0 Å². The molecule has 0 radical (unpaired) electrons. The van der Waals surface area contributed by atoms with Gasteiger partial charge in [-0.05, 0) is 53.9 Å². The lowest BCUT2D eigenvalue weighted by molar-refractivity contribution is 0.410. The van der Waals surface area contributed by atoms with Crippen LogP contribution in [0.3, 0.4) is 0 Å². The molecule has 0 unspecified atom stereocenters. The van der Waals surface area contributed by atoms with Crippen LogP contribution < -0.4 is 10.1 Å². The van der Waals surface area contributed by atoms with Gasteiger partial charge in [0.05, 0.1) is 18.2 Å². The van der Waals surface area contributed by atoms with E-state index in [2.05, 4.69) is 30.2 Å². The molecule has 0 saturated heterocycles. The summed E-state index contributed by atoms with van der Waals surface area (Å²) in [6.07, 6.45) is 3.00. The molecule has 3 heterocycles. The molecular formula is C23H16N8OS2. The molecule has 0 aliphatic rings. The van der Waals surface area contributed by atoms with Gasteiger partial charge in [0.1, 0.15) is 27.9 Å². The van der Waals surface area contributed by atoms with Crippen LogP contribution in [-0.2, 0) is 6.54 Å². The summed E-state index contributed by atoms with van der Waals surface area (Å²) in [5.41, 5.74) is 1.90. The van der Waals surface area contributed by atoms with Gasteiger partial charge in [-0.25, -0.2) is 9.97 Å². The molecule has 0 aliphatic carbocycles. The second-order valence-corrected chi connectivity index (χ2v) is 8.56. The lowest BCUT2D eigenvalue weighted by Gasteiger charge is -2.11.